The first kappa shape index (κ1) is 22.0. The van der Waals surface area contributed by atoms with E-state index in [1.165, 1.54) is 0 Å². The zero-order valence-electron chi connectivity index (χ0n) is 15.8. The number of rotatable bonds is 9. The fraction of sp³-hybridized carbons (Fsp3) is 0.350. The highest BCUT2D eigenvalue weighted by molar-refractivity contribution is 6.30. The van der Waals surface area contributed by atoms with Crippen molar-refractivity contribution >= 4 is 40.8 Å². The molecule has 2 aromatic rings. The van der Waals surface area contributed by atoms with Crippen molar-refractivity contribution in [2.75, 3.05) is 25.0 Å². The Labute approximate surface area is 175 Å². The van der Waals surface area contributed by atoms with Gasteiger partial charge < -0.3 is 16.0 Å². The number of halogens is 2. The summed E-state index contributed by atoms with van der Waals surface area (Å²) in [7, 11) is 0. The van der Waals surface area contributed by atoms with Crippen LogP contribution in [0.4, 0.5) is 5.69 Å². The third-order valence-electron chi connectivity index (χ3n) is 3.80. The topological polar surface area (TPSA) is 78.4 Å². The van der Waals surface area contributed by atoms with Gasteiger partial charge in [-0.25, -0.2) is 4.98 Å². The molecule has 0 aliphatic carbocycles. The molecule has 0 aliphatic heterocycles. The van der Waals surface area contributed by atoms with Crippen LogP contribution in [0.3, 0.4) is 0 Å². The number of carbonyl (C=O) groups excluding carboxylic acids is 1. The van der Waals surface area contributed by atoms with E-state index in [0.29, 0.717) is 29.6 Å². The molecule has 1 aromatic carbocycles. The lowest BCUT2D eigenvalue weighted by molar-refractivity contribution is -0.116. The van der Waals surface area contributed by atoms with Gasteiger partial charge >= 0.3 is 0 Å². The molecule has 1 aromatic heterocycles. The van der Waals surface area contributed by atoms with Crippen molar-refractivity contribution in [1.82, 2.24) is 15.6 Å². The molecule has 0 saturated carbocycles. The molecule has 1 amide bonds. The molecular weight excluding hydrogens is 397 g/mol. The average molecular weight is 422 g/mol. The summed E-state index contributed by atoms with van der Waals surface area (Å²) in [6.45, 7) is 4.07. The van der Waals surface area contributed by atoms with E-state index in [-0.39, 0.29) is 5.91 Å². The van der Waals surface area contributed by atoms with Crippen LogP contribution in [0.15, 0.2) is 47.6 Å². The summed E-state index contributed by atoms with van der Waals surface area (Å²) in [6, 6.07) is 10.8. The Kier molecular flexibility index (Phi) is 9.59. The lowest BCUT2D eigenvalue weighted by Crippen LogP contribution is -2.38. The van der Waals surface area contributed by atoms with Crippen molar-refractivity contribution in [3.63, 3.8) is 0 Å². The number of aromatic nitrogens is 1. The van der Waals surface area contributed by atoms with E-state index in [2.05, 4.69) is 25.9 Å². The van der Waals surface area contributed by atoms with Crippen LogP contribution < -0.4 is 16.0 Å². The first-order chi connectivity index (χ1) is 13.6. The standard InChI is InChI=1S/C20H25Cl2N5O/c1-2-23-20(25-13-11-15-5-10-18(22)26-14-15)24-12-3-4-19(28)27-17-8-6-16(21)7-9-17/h5-10,14H,2-4,11-13H2,1H3,(H,27,28)(H2,23,24,25). The fourth-order valence-corrected chi connectivity index (χ4v) is 2.65. The van der Waals surface area contributed by atoms with Crippen molar-refractivity contribution in [3.05, 3.63) is 58.3 Å². The highest BCUT2D eigenvalue weighted by Crippen LogP contribution is 2.13. The van der Waals surface area contributed by atoms with Crippen molar-refractivity contribution in [1.29, 1.82) is 0 Å². The second-order valence-electron chi connectivity index (χ2n) is 6.09. The lowest BCUT2D eigenvalue weighted by Gasteiger charge is -2.11. The Bertz CT molecular complexity index is 763. The van der Waals surface area contributed by atoms with Gasteiger partial charge in [0.15, 0.2) is 5.96 Å². The van der Waals surface area contributed by atoms with Gasteiger partial charge in [-0.15, -0.1) is 0 Å². The molecule has 0 atom stereocenters. The van der Waals surface area contributed by atoms with E-state index in [0.717, 1.165) is 36.7 Å². The summed E-state index contributed by atoms with van der Waals surface area (Å²) < 4.78 is 0. The molecule has 2 rings (SSSR count). The Balaban J connectivity index is 1.70. The van der Waals surface area contributed by atoms with E-state index >= 15 is 0 Å². The molecule has 150 valence electrons. The van der Waals surface area contributed by atoms with E-state index < -0.39 is 0 Å². The Hall–Kier alpha value is -2.31. The van der Waals surface area contributed by atoms with Crippen LogP contribution in [0.1, 0.15) is 25.3 Å². The van der Waals surface area contributed by atoms with Crippen LogP contribution in [0.2, 0.25) is 10.2 Å². The number of benzene rings is 1. The number of guanidine groups is 1. The maximum Gasteiger partial charge on any atom is 0.224 e. The third-order valence-corrected chi connectivity index (χ3v) is 4.27. The van der Waals surface area contributed by atoms with Crippen molar-refractivity contribution in [2.24, 2.45) is 4.99 Å². The molecule has 3 N–H and O–H groups in total. The number of pyridine rings is 1. The minimum atomic E-state index is -0.0364. The number of anilines is 1. The molecular formula is C20H25Cl2N5O. The van der Waals surface area contributed by atoms with E-state index in [9.17, 15) is 4.79 Å². The molecule has 0 aliphatic rings. The van der Waals surface area contributed by atoms with Crippen LogP contribution >= 0.6 is 23.2 Å². The van der Waals surface area contributed by atoms with E-state index in [4.69, 9.17) is 23.2 Å². The number of nitrogens with one attached hydrogen (secondary N) is 3. The molecule has 8 heteroatoms. The van der Waals surface area contributed by atoms with Gasteiger partial charge in [0.2, 0.25) is 5.91 Å². The molecule has 0 saturated heterocycles. The lowest BCUT2D eigenvalue weighted by atomic mass is 10.2. The van der Waals surface area contributed by atoms with Crippen molar-refractivity contribution < 1.29 is 4.79 Å². The highest BCUT2D eigenvalue weighted by atomic mass is 35.5. The molecule has 0 unspecified atom stereocenters. The zero-order chi connectivity index (χ0) is 20.2. The number of amides is 1. The van der Waals surface area contributed by atoms with E-state index in [1.54, 1.807) is 36.5 Å². The summed E-state index contributed by atoms with van der Waals surface area (Å²) in [5, 5.41) is 10.5. The fourth-order valence-electron chi connectivity index (χ4n) is 2.41. The molecule has 0 radical (unpaired) electrons. The van der Waals surface area contributed by atoms with Gasteiger partial charge in [-0.2, -0.15) is 0 Å². The molecule has 1 heterocycles. The van der Waals surface area contributed by atoms with Gasteiger partial charge in [0.05, 0.1) is 0 Å². The SMILES string of the molecule is CCNC(=NCCCC(=O)Nc1ccc(Cl)cc1)NCCc1ccc(Cl)nc1. The number of aliphatic imine (C=N–C) groups is 1. The largest absolute Gasteiger partial charge is 0.357 e. The number of hydrogen-bond donors (Lipinski definition) is 3. The van der Waals surface area contributed by atoms with Crippen LogP contribution in [0.5, 0.6) is 0 Å². The maximum atomic E-state index is 12.0. The van der Waals surface area contributed by atoms with Crippen LogP contribution in [-0.2, 0) is 11.2 Å². The number of carbonyl (C=O) groups is 1. The monoisotopic (exact) mass is 421 g/mol. The van der Waals surface area contributed by atoms with Crippen LogP contribution in [0, 0.1) is 0 Å². The van der Waals surface area contributed by atoms with Crippen molar-refractivity contribution in [2.45, 2.75) is 26.2 Å². The van der Waals surface area contributed by atoms with Gasteiger partial charge in [0, 0.05) is 43.0 Å². The first-order valence-electron chi connectivity index (χ1n) is 9.25. The predicted molar refractivity (Wildman–Crippen MR) is 116 cm³/mol. The molecule has 0 bridgehead atoms. The normalized spacial score (nSPS) is 11.2. The number of nitrogens with zero attached hydrogens (tertiary/aromatic N) is 2. The predicted octanol–water partition coefficient (Wildman–Crippen LogP) is 3.90. The van der Waals surface area contributed by atoms with E-state index in [1.807, 2.05) is 13.0 Å². The molecule has 28 heavy (non-hydrogen) atoms. The first-order valence-corrected chi connectivity index (χ1v) is 10.0. The summed E-state index contributed by atoms with van der Waals surface area (Å²) in [5.41, 5.74) is 1.84. The van der Waals surface area contributed by atoms with Gasteiger partial charge in [0.1, 0.15) is 5.15 Å². The molecule has 0 spiro atoms. The summed E-state index contributed by atoms with van der Waals surface area (Å²) in [6.07, 6.45) is 3.66. The highest BCUT2D eigenvalue weighted by Gasteiger charge is 2.03. The third kappa shape index (κ3) is 8.59. The zero-order valence-corrected chi connectivity index (χ0v) is 17.4. The summed E-state index contributed by atoms with van der Waals surface area (Å²) in [4.78, 5) is 20.6. The minimum Gasteiger partial charge on any atom is -0.357 e. The summed E-state index contributed by atoms with van der Waals surface area (Å²) >= 11 is 11.6. The van der Waals surface area contributed by atoms with Crippen LogP contribution in [0.25, 0.3) is 0 Å². The second kappa shape index (κ2) is 12.2. The smallest absolute Gasteiger partial charge is 0.224 e. The number of hydrogen-bond acceptors (Lipinski definition) is 3. The van der Waals surface area contributed by atoms with Gasteiger partial charge in [-0.1, -0.05) is 29.3 Å². The Morgan fingerprint density at radius 1 is 1.11 bits per heavy atom. The second-order valence-corrected chi connectivity index (χ2v) is 6.91. The minimum absolute atomic E-state index is 0.0364. The maximum absolute atomic E-state index is 12.0. The van der Waals surface area contributed by atoms with Gasteiger partial charge in [-0.05, 0) is 55.7 Å². The van der Waals surface area contributed by atoms with Gasteiger partial charge in [-0.3, -0.25) is 9.79 Å². The average Bonchev–Trinajstić information content (AvgIpc) is 2.68. The quantitative estimate of drug-likeness (QED) is 0.248. The molecule has 0 fully saturated rings. The Morgan fingerprint density at radius 3 is 2.57 bits per heavy atom. The Morgan fingerprint density at radius 2 is 1.89 bits per heavy atom. The van der Waals surface area contributed by atoms with Crippen LogP contribution in [-0.4, -0.2) is 36.5 Å². The molecule has 6 nitrogen and oxygen atoms in total. The van der Waals surface area contributed by atoms with Crippen molar-refractivity contribution in [3.8, 4) is 0 Å². The van der Waals surface area contributed by atoms with Gasteiger partial charge in [0.25, 0.3) is 0 Å². The summed E-state index contributed by atoms with van der Waals surface area (Å²) in [5.74, 6) is 0.702.